The van der Waals surface area contributed by atoms with Gasteiger partial charge in [-0.2, -0.15) is 0 Å². The molecule has 0 aliphatic rings. The van der Waals surface area contributed by atoms with E-state index in [1.807, 2.05) is 24.3 Å². The molecule has 0 saturated carbocycles. The number of hydrogen-bond acceptors (Lipinski definition) is 2. The highest BCUT2D eigenvalue weighted by Gasteiger charge is 2.16. The Kier molecular flexibility index (Phi) is 4.97. The molecule has 0 heterocycles. The number of rotatable bonds is 5. The van der Waals surface area contributed by atoms with Crippen LogP contribution in [0.3, 0.4) is 0 Å². The molecule has 2 aromatic carbocycles. The molecule has 2 nitrogen and oxygen atoms in total. The van der Waals surface area contributed by atoms with E-state index < -0.39 is 6.04 Å². The Balaban J connectivity index is 2.42. The lowest BCUT2D eigenvalue weighted by atomic mass is 9.98. The summed E-state index contributed by atoms with van der Waals surface area (Å²) in [6, 6.07) is 12.3. The van der Waals surface area contributed by atoms with Crippen molar-refractivity contribution < 1.29 is 9.13 Å². The van der Waals surface area contributed by atoms with Crippen LogP contribution in [0.2, 0.25) is 0 Å². The molecule has 2 rings (SSSR count). The Morgan fingerprint density at radius 2 is 1.71 bits per heavy atom. The summed E-state index contributed by atoms with van der Waals surface area (Å²) in [4.78, 5) is 0. The van der Waals surface area contributed by atoms with Crippen molar-refractivity contribution in [2.24, 2.45) is 5.73 Å². The van der Waals surface area contributed by atoms with E-state index in [0.29, 0.717) is 17.2 Å². The first-order chi connectivity index (χ1) is 10.0. The molecule has 0 radical (unpaired) electrons. The topological polar surface area (TPSA) is 35.2 Å². The minimum Gasteiger partial charge on any atom is -0.457 e. The van der Waals surface area contributed by atoms with Crippen LogP contribution in [0.1, 0.15) is 50.3 Å². The largest absolute Gasteiger partial charge is 0.457 e. The Labute approximate surface area is 125 Å². The Hall–Kier alpha value is -1.87. The Morgan fingerprint density at radius 1 is 1.05 bits per heavy atom. The van der Waals surface area contributed by atoms with Crippen LogP contribution in [0.15, 0.2) is 42.5 Å². The van der Waals surface area contributed by atoms with Gasteiger partial charge in [-0.3, -0.25) is 0 Å². The van der Waals surface area contributed by atoms with E-state index in [1.165, 1.54) is 6.07 Å². The highest BCUT2D eigenvalue weighted by atomic mass is 19.1. The number of halogens is 1. The van der Waals surface area contributed by atoms with Crippen LogP contribution in [0.5, 0.6) is 11.5 Å². The monoisotopic (exact) mass is 287 g/mol. The Bertz CT molecular complexity index is 610. The fourth-order valence-corrected chi connectivity index (χ4v) is 2.37. The van der Waals surface area contributed by atoms with Gasteiger partial charge in [0.05, 0.1) is 0 Å². The molecule has 0 aromatic heterocycles. The van der Waals surface area contributed by atoms with E-state index >= 15 is 0 Å². The number of hydrogen-bond donors (Lipinski definition) is 1. The summed E-state index contributed by atoms with van der Waals surface area (Å²) in [5.74, 6) is 1.30. The average Bonchev–Trinajstić information content (AvgIpc) is 2.46. The minimum atomic E-state index is -0.419. The van der Waals surface area contributed by atoms with Gasteiger partial charge < -0.3 is 10.5 Å². The lowest BCUT2D eigenvalue weighted by Crippen LogP contribution is -2.09. The van der Waals surface area contributed by atoms with Gasteiger partial charge in [-0.05, 0) is 43.0 Å². The molecule has 0 amide bonds. The molecule has 0 fully saturated rings. The number of para-hydroxylation sites is 1. The zero-order chi connectivity index (χ0) is 15.4. The van der Waals surface area contributed by atoms with Gasteiger partial charge in [0, 0.05) is 11.6 Å². The molecule has 2 aromatic rings. The van der Waals surface area contributed by atoms with E-state index in [-0.39, 0.29) is 5.82 Å². The predicted octanol–water partition coefficient (Wildman–Crippen LogP) is 5.15. The molecule has 0 aliphatic carbocycles. The van der Waals surface area contributed by atoms with Gasteiger partial charge >= 0.3 is 0 Å². The van der Waals surface area contributed by atoms with Crippen LogP contribution in [-0.2, 0) is 0 Å². The number of ether oxygens (including phenoxy) is 1. The highest BCUT2D eigenvalue weighted by Crippen LogP contribution is 2.35. The summed E-state index contributed by atoms with van der Waals surface area (Å²) in [6.07, 6.45) is 1.02. The summed E-state index contributed by atoms with van der Waals surface area (Å²) in [6.45, 7) is 6.04. The maximum Gasteiger partial charge on any atom is 0.135 e. The standard InChI is InChI=1S/C18H22FNO/c1-4-12(2)14-8-5-6-10-16(14)21-17-11-7-9-15(19)18(17)13(3)20/h5-13H,4,20H2,1-3H3. The zero-order valence-corrected chi connectivity index (χ0v) is 12.8. The van der Waals surface area contributed by atoms with Crippen LogP contribution in [-0.4, -0.2) is 0 Å². The van der Waals surface area contributed by atoms with Crippen molar-refractivity contribution in [1.29, 1.82) is 0 Å². The summed E-state index contributed by atoms with van der Waals surface area (Å²) in [5.41, 5.74) is 7.41. The molecule has 0 saturated heterocycles. The molecular weight excluding hydrogens is 265 g/mol. The summed E-state index contributed by atoms with van der Waals surface area (Å²) in [5, 5.41) is 0. The molecule has 2 unspecified atom stereocenters. The molecular formula is C18H22FNO. The third-order valence-corrected chi connectivity index (χ3v) is 3.75. The predicted molar refractivity (Wildman–Crippen MR) is 84.2 cm³/mol. The molecule has 3 heteroatoms. The maximum atomic E-state index is 14.0. The summed E-state index contributed by atoms with van der Waals surface area (Å²) < 4.78 is 20.0. The van der Waals surface area contributed by atoms with Crippen molar-refractivity contribution in [3.63, 3.8) is 0 Å². The van der Waals surface area contributed by atoms with Crippen molar-refractivity contribution in [3.05, 3.63) is 59.4 Å². The van der Waals surface area contributed by atoms with Gasteiger partial charge in [-0.25, -0.2) is 4.39 Å². The quantitative estimate of drug-likeness (QED) is 0.825. The first-order valence-corrected chi connectivity index (χ1v) is 7.35. The molecule has 21 heavy (non-hydrogen) atoms. The molecule has 0 spiro atoms. The molecule has 2 N–H and O–H groups in total. The van der Waals surface area contributed by atoms with Gasteiger partial charge in [-0.15, -0.1) is 0 Å². The second-order valence-corrected chi connectivity index (χ2v) is 5.39. The smallest absolute Gasteiger partial charge is 0.135 e. The van der Waals surface area contributed by atoms with Crippen LogP contribution < -0.4 is 10.5 Å². The van der Waals surface area contributed by atoms with Crippen molar-refractivity contribution >= 4 is 0 Å². The fraction of sp³-hybridized carbons (Fsp3) is 0.333. The SMILES string of the molecule is CCC(C)c1ccccc1Oc1cccc(F)c1C(C)N. The van der Waals surface area contributed by atoms with Crippen molar-refractivity contribution in [1.82, 2.24) is 0 Å². The fourth-order valence-electron chi connectivity index (χ4n) is 2.37. The van der Waals surface area contributed by atoms with E-state index in [2.05, 4.69) is 13.8 Å². The molecule has 0 aliphatic heterocycles. The van der Waals surface area contributed by atoms with Crippen LogP contribution in [0.25, 0.3) is 0 Å². The second-order valence-electron chi connectivity index (χ2n) is 5.39. The van der Waals surface area contributed by atoms with E-state index in [9.17, 15) is 4.39 Å². The first kappa shape index (κ1) is 15.5. The van der Waals surface area contributed by atoms with Crippen LogP contribution >= 0.6 is 0 Å². The van der Waals surface area contributed by atoms with Gasteiger partial charge in [0.25, 0.3) is 0 Å². The summed E-state index contributed by atoms with van der Waals surface area (Å²) >= 11 is 0. The Morgan fingerprint density at radius 3 is 2.38 bits per heavy atom. The van der Waals surface area contributed by atoms with Crippen molar-refractivity contribution in [2.45, 2.75) is 39.2 Å². The average molecular weight is 287 g/mol. The third-order valence-electron chi connectivity index (χ3n) is 3.75. The maximum absolute atomic E-state index is 14.0. The van der Waals surface area contributed by atoms with Crippen molar-refractivity contribution in [3.8, 4) is 11.5 Å². The van der Waals surface area contributed by atoms with Crippen LogP contribution in [0.4, 0.5) is 4.39 Å². The number of benzene rings is 2. The van der Waals surface area contributed by atoms with Crippen LogP contribution in [0, 0.1) is 5.82 Å². The number of nitrogens with two attached hydrogens (primary N) is 1. The normalized spacial score (nSPS) is 13.8. The summed E-state index contributed by atoms with van der Waals surface area (Å²) in [7, 11) is 0. The van der Waals surface area contributed by atoms with E-state index in [0.717, 1.165) is 17.7 Å². The van der Waals surface area contributed by atoms with Crippen molar-refractivity contribution in [2.75, 3.05) is 0 Å². The molecule has 112 valence electrons. The van der Waals surface area contributed by atoms with Gasteiger partial charge in [-0.1, -0.05) is 38.1 Å². The van der Waals surface area contributed by atoms with Gasteiger partial charge in [0.1, 0.15) is 17.3 Å². The van der Waals surface area contributed by atoms with E-state index in [1.54, 1.807) is 19.1 Å². The zero-order valence-electron chi connectivity index (χ0n) is 12.8. The highest BCUT2D eigenvalue weighted by molar-refractivity contribution is 5.44. The molecule has 2 atom stereocenters. The second kappa shape index (κ2) is 6.72. The minimum absolute atomic E-state index is 0.330. The lowest BCUT2D eigenvalue weighted by molar-refractivity contribution is 0.451. The lowest BCUT2D eigenvalue weighted by Gasteiger charge is -2.18. The first-order valence-electron chi connectivity index (χ1n) is 7.35. The van der Waals surface area contributed by atoms with E-state index in [4.69, 9.17) is 10.5 Å². The molecule has 0 bridgehead atoms. The van der Waals surface area contributed by atoms with Gasteiger partial charge in [0.15, 0.2) is 0 Å². The van der Waals surface area contributed by atoms with Gasteiger partial charge in [0.2, 0.25) is 0 Å². The third kappa shape index (κ3) is 3.42.